The molecule has 1 aromatic carbocycles. The van der Waals surface area contributed by atoms with Gasteiger partial charge in [0.15, 0.2) is 0 Å². The van der Waals surface area contributed by atoms with Crippen molar-refractivity contribution in [3.63, 3.8) is 0 Å². The number of alkyl halides is 3. The molecule has 10 heteroatoms. The van der Waals surface area contributed by atoms with E-state index in [4.69, 9.17) is 5.73 Å². The number of benzene rings is 1. The Kier molecular flexibility index (Phi) is 8.53. The molecule has 3 rings (SSSR count). The molecular formula is C17H20Cl2F3N3OS. The predicted molar refractivity (Wildman–Crippen MR) is 104 cm³/mol. The van der Waals surface area contributed by atoms with Crippen LogP contribution in [0.5, 0.6) is 0 Å². The lowest BCUT2D eigenvalue weighted by molar-refractivity contribution is -0.137. The summed E-state index contributed by atoms with van der Waals surface area (Å²) in [4.78, 5) is 18.4. The van der Waals surface area contributed by atoms with E-state index in [-0.39, 0.29) is 37.1 Å². The minimum absolute atomic E-state index is 0. The van der Waals surface area contributed by atoms with Gasteiger partial charge < -0.3 is 10.6 Å². The van der Waals surface area contributed by atoms with Gasteiger partial charge in [0.25, 0.3) is 0 Å². The van der Waals surface area contributed by atoms with Crippen LogP contribution in [0.4, 0.5) is 13.2 Å². The molecule has 1 unspecified atom stereocenters. The maximum Gasteiger partial charge on any atom is 0.416 e. The standard InChI is InChI=1S/C17H18F3N3OS.2ClH/c18-17(19,20)13-3-1-2-12(6-13)16-22-14(10-25-16)7-15(24)23-5-4-11(8-21)9-23;;/h1-3,6,10-11H,4-5,7-9,21H2;2*1H. The number of thiazole rings is 1. The molecule has 150 valence electrons. The number of carbonyl (C=O) groups excluding carboxylic acids is 1. The number of nitrogens with zero attached hydrogens (tertiary/aromatic N) is 2. The molecule has 0 saturated carbocycles. The van der Waals surface area contributed by atoms with Gasteiger partial charge in [-0.2, -0.15) is 13.2 Å². The van der Waals surface area contributed by atoms with Crippen LogP contribution in [-0.2, 0) is 17.4 Å². The third-order valence-electron chi connectivity index (χ3n) is 4.29. The lowest BCUT2D eigenvalue weighted by atomic mass is 10.1. The van der Waals surface area contributed by atoms with E-state index < -0.39 is 11.7 Å². The van der Waals surface area contributed by atoms with Crippen LogP contribution in [-0.4, -0.2) is 35.4 Å². The molecule has 1 amide bonds. The van der Waals surface area contributed by atoms with Crippen molar-refractivity contribution in [1.82, 2.24) is 9.88 Å². The lowest BCUT2D eigenvalue weighted by Gasteiger charge is -2.15. The second kappa shape index (κ2) is 9.73. The summed E-state index contributed by atoms with van der Waals surface area (Å²) in [6.45, 7) is 1.94. The molecule has 1 aliphatic heterocycles. The highest BCUT2D eigenvalue weighted by molar-refractivity contribution is 7.13. The molecule has 2 N–H and O–H groups in total. The molecule has 0 spiro atoms. The summed E-state index contributed by atoms with van der Waals surface area (Å²) in [6, 6.07) is 5.06. The minimum atomic E-state index is -4.39. The third-order valence-corrected chi connectivity index (χ3v) is 5.23. The number of halogens is 5. The van der Waals surface area contributed by atoms with Crippen molar-refractivity contribution in [1.29, 1.82) is 0 Å². The molecule has 1 fully saturated rings. The van der Waals surface area contributed by atoms with Gasteiger partial charge in [0.05, 0.1) is 17.7 Å². The summed E-state index contributed by atoms with van der Waals surface area (Å²) in [5.74, 6) is 0.330. The molecule has 1 atom stereocenters. The van der Waals surface area contributed by atoms with Crippen molar-refractivity contribution in [3.05, 3.63) is 40.9 Å². The topological polar surface area (TPSA) is 59.2 Å². The molecule has 4 nitrogen and oxygen atoms in total. The maximum atomic E-state index is 12.8. The van der Waals surface area contributed by atoms with Gasteiger partial charge in [-0.05, 0) is 31.0 Å². The molecule has 27 heavy (non-hydrogen) atoms. The first kappa shape index (κ1) is 23.7. The Labute approximate surface area is 171 Å². The average Bonchev–Trinajstić information content (AvgIpc) is 3.23. The monoisotopic (exact) mass is 441 g/mol. The third kappa shape index (κ3) is 5.81. The summed E-state index contributed by atoms with van der Waals surface area (Å²) in [6.07, 6.45) is -3.32. The smallest absolute Gasteiger partial charge is 0.342 e. The first-order valence-electron chi connectivity index (χ1n) is 7.96. The first-order chi connectivity index (χ1) is 11.9. The highest BCUT2D eigenvalue weighted by atomic mass is 35.5. The quantitative estimate of drug-likeness (QED) is 0.778. The summed E-state index contributed by atoms with van der Waals surface area (Å²) in [5.41, 5.74) is 5.91. The van der Waals surface area contributed by atoms with Gasteiger partial charge in [0.2, 0.25) is 5.91 Å². The fraction of sp³-hybridized carbons (Fsp3) is 0.412. The number of amides is 1. The summed E-state index contributed by atoms with van der Waals surface area (Å²) < 4.78 is 38.5. The van der Waals surface area contributed by atoms with Gasteiger partial charge in [0.1, 0.15) is 5.01 Å². The van der Waals surface area contributed by atoms with Crippen LogP contribution in [0.3, 0.4) is 0 Å². The normalized spacial score (nSPS) is 16.6. The van der Waals surface area contributed by atoms with E-state index in [2.05, 4.69) is 4.98 Å². The van der Waals surface area contributed by atoms with Crippen molar-refractivity contribution >= 4 is 42.1 Å². The number of rotatable bonds is 4. The van der Waals surface area contributed by atoms with Gasteiger partial charge in [-0.25, -0.2) is 4.98 Å². The Morgan fingerprint density at radius 3 is 2.70 bits per heavy atom. The van der Waals surface area contributed by atoms with Crippen molar-refractivity contribution < 1.29 is 18.0 Å². The molecule has 1 aliphatic rings. The zero-order valence-electron chi connectivity index (χ0n) is 14.2. The highest BCUT2D eigenvalue weighted by Gasteiger charge is 2.30. The van der Waals surface area contributed by atoms with Crippen LogP contribution in [0.1, 0.15) is 17.7 Å². The Hall–Kier alpha value is -1.35. The van der Waals surface area contributed by atoms with E-state index in [9.17, 15) is 18.0 Å². The van der Waals surface area contributed by atoms with Crippen LogP contribution in [0.25, 0.3) is 10.6 Å². The van der Waals surface area contributed by atoms with Crippen LogP contribution in [0.15, 0.2) is 29.6 Å². The van der Waals surface area contributed by atoms with E-state index in [0.29, 0.717) is 41.8 Å². The number of hydrogen-bond acceptors (Lipinski definition) is 4. The van der Waals surface area contributed by atoms with Crippen LogP contribution < -0.4 is 5.73 Å². The Morgan fingerprint density at radius 2 is 2.07 bits per heavy atom. The van der Waals surface area contributed by atoms with Crippen molar-refractivity contribution in [2.24, 2.45) is 11.7 Å². The Morgan fingerprint density at radius 1 is 1.33 bits per heavy atom. The Balaban J connectivity index is 0.00000182. The van der Waals surface area contributed by atoms with Gasteiger partial charge >= 0.3 is 6.18 Å². The number of hydrogen-bond donors (Lipinski definition) is 1. The SMILES string of the molecule is Cl.Cl.NCC1CCN(C(=O)Cc2csc(-c3cccc(C(F)(F)F)c3)n2)C1. The summed E-state index contributed by atoms with van der Waals surface area (Å²) >= 11 is 1.24. The predicted octanol–water partition coefficient (Wildman–Crippen LogP) is 4.02. The number of nitrogens with two attached hydrogens (primary N) is 1. The fourth-order valence-electron chi connectivity index (χ4n) is 2.87. The van der Waals surface area contributed by atoms with Gasteiger partial charge in [-0.15, -0.1) is 36.2 Å². The maximum absolute atomic E-state index is 12.8. The van der Waals surface area contributed by atoms with E-state index in [1.807, 2.05) is 0 Å². The second-order valence-corrected chi connectivity index (χ2v) is 6.99. The lowest BCUT2D eigenvalue weighted by Crippen LogP contribution is -2.31. The van der Waals surface area contributed by atoms with E-state index in [0.717, 1.165) is 18.6 Å². The van der Waals surface area contributed by atoms with E-state index in [1.165, 1.54) is 17.4 Å². The van der Waals surface area contributed by atoms with Crippen molar-refractivity contribution in [2.45, 2.75) is 19.0 Å². The minimum Gasteiger partial charge on any atom is -0.342 e. The van der Waals surface area contributed by atoms with Crippen LogP contribution >= 0.6 is 36.2 Å². The number of carbonyl (C=O) groups is 1. The summed E-state index contributed by atoms with van der Waals surface area (Å²) in [7, 11) is 0. The first-order valence-corrected chi connectivity index (χ1v) is 8.84. The molecule has 0 radical (unpaired) electrons. The number of likely N-dealkylation sites (tertiary alicyclic amines) is 1. The zero-order chi connectivity index (χ0) is 18.0. The molecule has 0 bridgehead atoms. The van der Waals surface area contributed by atoms with Crippen LogP contribution in [0.2, 0.25) is 0 Å². The largest absolute Gasteiger partial charge is 0.416 e. The highest BCUT2D eigenvalue weighted by Crippen LogP contribution is 2.33. The molecular weight excluding hydrogens is 422 g/mol. The number of aromatic nitrogens is 1. The van der Waals surface area contributed by atoms with Crippen molar-refractivity contribution in [3.8, 4) is 10.6 Å². The molecule has 0 aliphatic carbocycles. The molecule has 1 aromatic heterocycles. The molecule has 2 aromatic rings. The van der Waals surface area contributed by atoms with Gasteiger partial charge in [-0.3, -0.25) is 4.79 Å². The zero-order valence-corrected chi connectivity index (χ0v) is 16.7. The van der Waals surface area contributed by atoms with Crippen LogP contribution in [0, 0.1) is 5.92 Å². The van der Waals surface area contributed by atoms with E-state index >= 15 is 0 Å². The summed E-state index contributed by atoms with van der Waals surface area (Å²) in [5, 5.41) is 2.21. The van der Waals surface area contributed by atoms with Gasteiger partial charge in [0, 0.05) is 24.0 Å². The molecule has 1 saturated heterocycles. The second-order valence-electron chi connectivity index (χ2n) is 6.13. The molecule has 2 heterocycles. The fourth-order valence-corrected chi connectivity index (χ4v) is 3.68. The van der Waals surface area contributed by atoms with E-state index in [1.54, 1.807) is 16.3 Å². The average molecular weight is 442 g/mol. The Bertz CT molecular complexity index is 770. The van der Waals surface area contributed by atoms with Crippen molar-refractivity contribution in [2.75, 3.05) is 19.6 Å². The van der Waals surface area contributed by atoms with Gasteiger partial charge in [-0.1, -0.05) is 12.1 Å².